The number of nitrogens with one attached hydrogen (secondary N) is 1. The monoisotopic (exact) mass is 1340 g/mol. The van der Waals surface area contributed by atoms with Gasteiger partial charge in [-0.15, -0.1) is 0 Å². The fourth-order valence-corrected chi connectivity index (χ4v) is 13.9. The van der Waals surface area contributed by atoms with Gasteiger partial charge in [-0.2, -0.15) is 11.8 Å². The van der Waals surface area contributed by atoms with E-state index in [0.29, 0.717) is 19.3 Å². The molecular formula is C84H145NO9S. The van der Waals surface area contributed by atoms with Gasteiger partial charge in [0.2, 0.25) is 5.91 Å². The molecule has 546 valence electrons. The number of amides is 1. The minimum Gasteiger partial charge on any atom is -0.462 e. The van der Waals surface area contributed by atoms with Crippen molar-refractivity contribution in [2.45, 2.75) is 412 Å². The minimum atomic E-state index is -1.07. The van der Waals surface area contributed by atoms with Crippen molar-refractivity contribution in [3.8, 4) is 0 Å². The molecule has 0 spiro atoms. The van der Waals surface area contributed by atoms with Crippen LogP contribution < -0.4 is 5.32 Å². The summed E-state index contributed by atoms with van der Waals surface area (Å²) >= 11 is 1.33. The molecule has 0 saturated carbocycles. The van der Waals surface area contributed by atoms with E-state index in [4.69, 9.17) is 18.9 Å². The highest BCUT2D eigenvalue weighted by molar-refractivity contribution is 7.99. The van der Waals surface area contributed by atoms with E-state index in [1.54, 1.807) is 0 Å². The Labute approximate surface area is 588 Å². The topological polar surface area (TPSA) is 134 Å². The van der Waals surface area contributed by atoms with E-state index in [9.17, 15) is 24.0 Å². The fourth-order valence-electron chi connectivity index (χ4n) is 12.8. The highest BCUT2D eigenvalue weighted by Crippen LogP contribution is 2.28. The van der Waals surface area contributed by atoms with E-state index in [0.717, 1.165) is 94.6 Å². The molecule has 11 heteroatoms. The first-order valence-corrected chi connectivity index (χ1v) is 41.6. The highest BCUT2D eigenvalue weighted by atomic mass is 32.2. The number of rotatable bonds is 70. The molecule has 10 nitrogen and oxygen atoms in total. The van der Waals surface area contributed by atoms with Gasteiger partial charge in [-0.1, -0.05) is 397 Å². The lowest BCUT2D eigenvalue weighted by Gasteiger charge is -2.28. The van der Waals surface area contributed by atoms with Crippen LogP contribution in [0, 0.1) is 0 Å². The second-order valence-electron chi connectivity index (χ2n) is 28.0. The Kier molecular flexibility index (Phi) is 60.6. The Morgan fingerprint density at radius 3 is 0.905 bits per heavy atom. The zero-order valence-corrected chi connectivity index (χ0v) is 62.7. The molecule has 1 amide bonds. The van der Waals surface area contributed by atoms with Crippen molar-refractivity contribution >= 4 is 41.5 Å². The summed E-state index contributed by atoms with van der Waals surface area (Å²) in [5.74, 6) is -1.75. The zero-order chi connectivity index (χ0) is 68.4. The average Bonchev–Trinajstić information content (AvgIpc) is 0.963. The first-order valence-electron chi connectivity index (χ1n) is 40.4. The Bertz CT molecular complexity index is 2020. The maximum absolute atomic E-state index is 14.7. The van der Waals surface area contributed by atoms with Crippen molar-refractivity contribution in [3.05, 3.63) is 71.8 Å². The van der Waals surface area contributed by atoms with Gasteiger partial charge < -0.3 is 24.3 Å². The summed E-state index contributed by atoms with van der Waals surface area (Å²) in [5.41, 5.74) is 1.61. The van der Waals surface area contributed by atoms with Crippen LogP contribution in [0.4, 0.5) is 0 Å². The molecule has 2 aromatic carbocycles. The van der Waals surface area contributed by atoms with Crippen LogP contribution in [0.15, 0.2) is 60.7 Å². The average molecular weight is 1350 g/mol. The minimum absolute atomic E-state index is 0.102. The number of thioether (sulfide) groups is 1. The second-order valence-corrected chi connectivity index (χ2v) is 29.1. The van der Waals surface area contributed by atoms with Crippen molar-refractivity contribution in [1.82, 2.24) is 5.32 Å². The SMILES string of the molecule is CCCCCCCCCCCCCCCC(=O)N[C@@H](CSC[C@H](OC(=O)CCCCCCCCCCCCCCC)[C@@H](COC(=O)CCCCCCCCCCCCCCC)OC(=O)CCCCCCCCCCCCCCC)C(=O)OC(c1ccccc1)c1ccccc1. The third kappa shape index (κ3) is 52.8. The molecule has 0 aliphatic carbocycles. The first kappa shape index (κ1) is 87.2. The van der Waals surface area contributed by atoms with Crippen molar-refractivity contribution in [3.63, 3.8) is 0 Å². The molecule has 0 fully saturated rings. The summed E-state index contributed by atoms with van der Waals surface area (Å²) in [6, 6.07) is 18.2. The van der Waals surface area contributed by atoms with Crippen LogP contribution in [0.25, 0.3) is 0 Å². The predicted molar refractivity (Wildman–Crippen MR) is 402 cm³/mol. The number of carbonyl (C=O) groups is 5. The Hall–Kier alpha value is -3.86. The molecule has 0 aromatic heterocycles. The lowest BCUT2D eigenvalue weighted by Crippen LogP contribution is -2.45. The van der Waals surface area contributed by atoms with E-state index in [1.165, 1.54) is 243 Å². The number of unbranched alkanes of at least 4 members (excludes halogenated alkanes) is 48. The molecule has 3 atom stereocenters. The number of carbonyl (C=O) groups excluding carboxylic acids is 5. The van der Waals surface area contributed by atoms with Crippen molar-refractivity contribution in [2.75, 3.05) is 18.1 Å². The van der Waals surface area contributed by atoms with E-state index < -0.39 is 42.3 Å². The predicted octanol–water partition coefficient (Wildman–Crippen LogP) is 24.8. The zero-order valence-electron chi connectivity index (χ0n) is 61.9. The van der Waals surface area contributed by atoms with Gasteiger partial charge in [-0.25, -0.2) is 4.79 Å². The largest absolute Gasteiger partial charge is 0.462 e. The maximum Gasteiger partial charge on any atom is 0.330 e. The normalized spacial score (nSPS) is 12.4. The second kappa shape index (κ2) is 66.0. The van der Waals surface area contributed by atoms with Crippen molar-refractivity contribution in [1.29, 1.82) is 0 Å². The van der Waals surface area contributed by atoms with Gasteiger partial charge >= 0.3 is 23.9 Å². The summed E-state index contributed by atoms with van der Waals surface area (Å²) in [5, 5.41) is 3.07. The van der Waals surface area contributed by atoms with Gasteiger partial charge in [0.05, 0.1) is 0 Å². The van der Waals surface area contributed by atoms with Crippen LogP contribution in [0.3, 0.4) is 0 Å². The molecule has 2 rings (SSSR count). The van der Waals surface area contributed by atoms with Crippen LogP contribution in [0.1, 0.15) is 404 Å². The van der Waals surface area contributed by atoms with Gasteiger partial charge in [0.15, 0.2) is 18.3 Å². The first-order chi connectivity index (χ1) is 46.7. The van der Waals surface area contributed by atoms with Crippen molar-refractivity contribution in [2.24, 2.45) is 0 Å². The Balaban J connectivity index is 2.29. The van der Waals surface area contributed by atoms with Gasteiger partial charge in [-0.3, -0.25) is 19.2 Å². The summed E-state index contributed by atoms with van der Waals surface area (Å²) in [7, 11) is 0. The van der Waals surface area contributed by atoms with E-state index in [-0.39, 0.29) is 55.7 Å². The van der Waals surface area contributed by atoms with Gasteiger partial charge in [0.25, 0.3) is 0 Å². The molecule has 2 aromatic rings. The molecular weight excluding hydrogens is 1200 g/mol. The smallest absolute Gasteiger partial charge is 0.330 e. The van der Waals surface area contributed by atoms with Crippen LogP contribution in [-0.4, -0.2) is 66.1 Å². The summed E-state index contributed by atoms with van der Waals surface area (Å²) in [6.07, 6.45) is 60.4. The third-order valence-electron chi connectivity index (χ3n) is 19.0. The van der Waals surface area contributed by atoms with E-state index in [1.807, 2.05) is 60.7 Å². The molecule has 1 N–H and O–H groups in total. The summed E-state index contributed by atoms with van der Waals surface area (Å²) < 4.78 is 25.0. The number of esters is 4. The molecule has 0 unspecified atom stereocenters. The van der Waals surface area contributed by atoms with E-state index >= 15 is 0 Å². The maximum atomic E-state index is 14.7. The van der Waals surface area contributed by atoms with E-state index in [2.05, 4.69) is 33.0 Å². The molecule has 0 aliphatic heterocycles. The standard InChI is InChI=1S/C84H145NO9S/c1-5-9-13-17-21-25-29-33-37-41-45-49-59-67-79(86)85-76(84(90)94-83(74-63-55-53-56-64-74)75-65-57-54-58-66-75)72-95-73-78(93-82(89)70-62-52-48-44-40-36-32-28-24-20-16-12-8-4)77(92-81(88)69-61-51-47-43-39-35-31-27-23-19-15-11-7-3)71-91-80(87)68-60-50-46-42-38-34-30-26-22-18-14-10-6-2/h53-58,63-66,76-78,83H,5-52,59-62,67-73H2,1-4H3,(H,85,86)/t76-,77+,78-/m0/s1. The van der Waals surface area contributed by atoms with Crippen LogP contribution >= 0.6 is 11.8 Å². The van der Waals surface area contributed by atoms with Crippen molar-refractivity contribution < 1.29 is 42.9 Å². The van der Waals surface area contributed by atoms with Gasteiger partial charge in [-0.05, 0) is 36.8 Å². The van der Waals surface area contributed by atoms with Gasteiger partial charge in [0, 0.05) is 37.2 Å². The lowest BCUT2D eigenvalue weighted by molar-refractivity contribution is -0.174. The van der Waals surface area contributed by atoms with Crippen LogP contribution in [0.5, 0.6) is 0 Å². The fraction of sp³-hybridized carbons (Fsp3) is 0.798. The molecule has 0 aliphatic rings. The molecule has 0 saturated heterocycles. The third-order valence-corrected chi connectivity index (χ3v) is 20.1. The number of hydrogen-bond donors (Lipinski definition) is 1. The number of benzene rings is 2. The molecule has 0 bridgehead atoms. The van der Waals surface area contributed by atoms with Gasteiger partial charge in [0.1, 0.15) is 12.6 Å². The Morgan fingerprint density at radius 2 is 0.589 bits per heavy atom. The number of ether oxygens (including phenoxy) is 4. The van der Waals surface area contributed by atoms with Crippen LogP contribution in [-0.2, 0) is 42.9 Å². The van der Waals surface area contributed by atoms with Crippen LogP contribution in [0.2, 0.25) is 0 Å². The highest BCUT2D eigenvalue weighted by Gasteiger charge is 2.33. The summed E-state index contributed by atoms with van der Waals surface area (Å²) in [6.45, 7) is 8.79. The lowest BCUT2D eigenvalue weighted by atomic mass is 10.0. The quantitative estimate of drug-likeness (QED) is 0.0387. The Morgan fingerprint density at radius 1 is 0.316 bits per heavy atom. The number of hydrogen-bond acceptors (Lipinski definition) is 10. The summed E-state index contributed by atoms with van der Waals surface area (Å²) in [4.78, 5) is 70.1. The molecule has 95 heavy (non-hydrogen) atoms. The molecule has 0 heterocycles. The molecule has 0 radical (unpaired) electrons.